The first-order valence-corrected chi connectivity index (χ1v) is 12.3. The minimum Gasteiger partial charge on any atom is -0.372 e. The normalized spacial score (nSPS) is 24.9. The summed E-state index contributed by atoms with van der Waals surface area (Å²) in [6, 6.07) is 4.46. The van der Waals surface area contributed by atoms with E-state index in [-0.39, 0.29) is 31.0 Å². The Balaban J connectivity index is 1.23. The Morgan fingerprint density at radius 3 is 2.65 bits per heavy atom. The van der Waals surface area contributed by atoms with E-state index >= 15 is 0 Å². The highest BCUT2D eigenvalue weighted by atomic mass is 19.2. The summed E-state index contributed by atoms with van der Waals surface area (Å²) in [5.74, 6) is -7.14. The fourth-order valence-electron chi connectivity index (χ4n) is 4.95. The van der Waals surface area contributed by atoms with Crippen LogP contribution in [0, 0.1) is 29.1 Å². The van der Waals surface area contributed by atoms with Crippen molar-refractivity contribution in [2.45, 2.75) is 43.2 Å². The highest BCUT2D eigenvalue weighted by Crippen LogP contribution is 2.35. The van der Waals surface area contributed by atoms with Crippen molar-refractivity contribution < 1.29 is 41.4 Å². The van der Waals surface area contributed by atoms with Gasteiger partial charge in [-0.2, -0.15) is 5.10 Å². The van der Waals surface area contributed by atoms with Crippen LogP contribution in [0.1, 0.15) is 36.1 Å². The van der Waals surface area contributed by atoms with Crippen molar-refractivity contribution in [1.82, 2.24) is 15.1 Å². The number of anilines is 1. The summed E-state index contributed by atoms with van der Waals surface area (Å²) in [6.45, 7) is -0.677. The van der Waals surface area contributed by atoms with Crippen molar-refractivity contribution in [1.29, 1.82) is 0 Å². The third kappa shape index (κ3) is 5.05. The molecule has 0 aliphatic carbocycles. The van der Waals surface area contributed by atoms with Gasteiger partial charge in [0.15, 0.2) is 17.5 Å². The van der Waals surface area contributed by atoms with Gasteiger partial charge in [0.2, 0.25) is 5.60 Å². The van der Waals surface area contributed by atoms with Crippen molar-refractivity contribution in [2.75, 3.05) is 18.1 Å². The average molecular weight is 565 g/mol. The summed E-state index contributed by atoms with van der Waals surface area (Å²) in [5, 5.41) is 17.3. The summed E-state index contributed by atoms with van der Waals surface area (Å²) in [4.78, 5) is 26.8. The number of carbonyl (C=O) groups excluding carboxylic acids is 2. The maximum absolute atomic E-state index is 14.2. The van der Waals surface area contributed by atoms with E-state index in [2.05, 4.69) is 10.4 Å². The smallest absolute Gasteiger partial charge is 0.270 e. The number of amides is 2. The van der Waals surface area contributed by atoms with Gasteiger partial charge in [-0.1, -0.05) is 0 Å². The molecule has 2 aliphatic heterocycles. The standard InChI is InChI=1S/C26H24F5N5O4/c27-14-1-2-18(29)17(8-14)23-20(32)10-16(12-40-23)36-5-3-21(34-36)35-6-4-26(39,25(35)38)24(37)33-11-13-7-15(28)9-19(30)22(13)31/h1-3,5,7-9,16,20,23,39H,4,6,10-12,32H2,(H,33,37)/t16-,20+,23-,26?/m1/s1. The topological polar surface area (TPSA) is 123 Å². The average Bonchev–Trinajstić information content (AvgIpc) is 3.52. The predicted molar refractivity (Wildman–Crippen MR) is 129 cm³/mol. The lowest BCUT2D eigenvalue weighted by molar-refractivity contribution is -0.149. The zero-order valence-electron chi connectivity index (χ0n) is 20.8. The summed E-state index contributed by atoms with van der Waals surface area (Å²) in [5.41, 5.74) is 3.22. The molecular formula is C26H24F5N5O4. The summed E-state index contributed by atoms with van der Waals surface area (Å²) in [6.07, 6.45) is 0.653. The Bertz CT molecular complexity index is 1470. The maximum atomic E-state index is 14.2. The zero-order valence-corrected chi connectivity index (χ0v) is 20.8. The molecule has 2 aromatic carbocycles. The molecule has 14 heteroatoms. The van der Waals surface area contributed by atoms with Crippen molar-refractivity contribution in [3.8, 4) is 0 Å². The minimum absolute atomic E-state index is 0.0117. The van der Waals surface area contributed by atoms with Crippen LogP contribution in [0.4, 0.5) is 27.8 Å². The number of nitrogens with two attached hydrogens (primary N) is 1. The Kier molecular flexibility index (Phi) is 7.33. The van der Waals surface area contributed by atoms with Crippen LogP contribution in [0.5, 0.6) is 0 Å². The molecule has 0 radical (unpaired) electrons. The largest absolute Gasteiger partial charge is 0.372 e. The van der Waals surface area contributed by atoms with Gasteiger partial charge in [-0.3, -0.25) is 19.2 Å². The van der Waals surface area contributed by atoms with Crippen LogP contribution in [-0.4, -0.2) is 51.5 Å². The summed E-state index contributed by atoms with van der Waals surface area (Å²) >= 11 is 0. The molecule has 2 saturated heterocycles. The second-order valence-corrected chi connectivity index (χ2v) is 9.74. The molecule has 2 amide bonds. The van der Waals surface area contributed by atoms with E-state index in [9.17, 15) is 36.6 Å². The van der Waals surface area contributed by atoms with Crippen LogP contribution in [0.2, 0.25) is 0 Å². The predicted octanol–water partition coefficient (Wildman–Crippen LogP) is 2.39. The van der Waals surface area contributed by atoms with E-state index < -0.39 is 76.8 Å². The zero-order chi connectivity index (χ0) is 28.8. The highest BCUT2D eigenvalue weighted by Gasteiger charge is 2.52. The van der Waals surface area contributed by atoms with Gasteiger partial charge < -0.3 is 20.9 Å². The number of carbonyl (C=O) groups is 2. The lowest BCUT2D eigenvalue weighted by atomic mass is 9.94. The highest BCUT2D eigenvalue weighted by molar-refractivity contribution is 6.16. The first-order chi connectivity index (χ1) is 19.0. The van der Waals surface area contributed by atoms with Gasteiger partial charge in [-0.25, -0.2) is 22.0 Å². The van der Waals surface area contributed by atoms with E-state index in [1.54, 1.807) is 6.20 Å². The summed E-state index contributed by atoms with van der Waals surface area (Å²) in [7, 11) is 0. The minimum atomic E-state index is -2.51. The molecule has 1 aromatic heterocycles. The molecule has 2 fully saturated rings. The number of nitrogens with zero attached hydrogens (tertiary/aromatic N) is 3. The molecular weight excluding hydrogens is 541 g/mol. The Morgan fingerprint density at radius 2 is 1.90 bits per heavy atom. The van der Waals surface area contributed by atoms with Gasteiger partial charge in [0.05, 0.1) is 12.6 Å². The lowest BCUT2D eigenvalue weighted by Gasteiger charge is -2.34. The van der Waals surface area contributed by atoms with Crippen molar-refractivity contribution in [3.63, 3.8) is 0 Å². The number of halogens is 5. The van der Waals surface area contributed by atoms with Gasteiger partial charge >= 0.3 is 0 Å². The molecule has 3 aromatic rings. The van der Waals surface area contributed by atoms with E-state index in [4.69, 9.17) is 10.5 Å². The van der Waals surface area contributed by atoms with E-state index in [1.165, 1.54) is 10.7 Å². The number of aliphatic hydroxyl groups is 1. The first-order valence-electron chi connectivity index (χ1n) is 12.3. The second-order valence-electron chi connectivity index (χ2n) is 9.74. The van der Waals surface area contributed by atoms with E-state index in [0.717, 1.165) is 23.1 Å². The Hall–Kier alpha value is -3.88. The molecule has 3 heterocycles. The van der Waals surface area contributed by atoms with Gasteiger partial charge in [0.1, 0.15) is 23.6 Å². The SMILES string of the molecule is N[C@H]1C[C@@H](n2ccc(N3CCC(O)(C(=O)NCc4cc(F)cc(F)c4F)C3=O)n2)CO[C@@H]1c1cc(F)ccc1F. The van der Waals surface area contributed by atoms with Crippen LogP contribution in [-0.2, 0) is 20.9 Å². The number of benzene rings is 2. The number of nitrogens with one attached hydrogen (secondary N) is 1. The molecule has 5 rings (SSSR count). The lowest BCUT2D eigenvalue weighted by Crippen LogP contribution is -2.52. The van der Waals surface area contributed by atoms with Gasteiger partial charge in [0, 0.05) is 55.0 Å². The number of rotatable bonds is 6. The van der Waals surface area contributed by atoms with Crippen LogP contribution in [0.15, 0.2) is 42.6 Å². The quantitative estimate of drug-likeness (QED) is 0.240. The van der Waals surface area contributed by atoms with Gasteiger partial charge in [0.25, 0.3) is 11.8 Å². The van der Waals surface area contributed by atoms with Gasteiger partial charge in [-0.05, 0) is 30.7 Å². The molecule has 0 bridgehead atoms. The molecule has 40 heavy (non-hydrogen) atoms. The summed E-state index contributed by atoms with van der Waals surface area (Å²) < 4.78 is 75.8. The van der Waals surface area contributed by atoms with E-state index in [1.807, 2.05) is 0 Å². The third-order valence-corrected chi connectivity index (χ3v) is 7.09. The maximum Gasteiger partial charge on any atom is 0.270 e. The molecule has 4 atom stereocenters. The molecule has 2 aliphatic rings. The fraction of sp³-hybridized carbons (Fsp3) is 0.346. The van der Waals surface area contributed by atoms with E-state index in [0.29, 0.717) is 18.6 Å². The molecule has 4 N–H and O–H groups in total. The molecule has 0 saturated carbocycles. The third-order valence-electron chi connectivity index (χ3n) is 7.09. The van der Waals surface area contributed by atoms with Crippen LogP contribution >= 0.6 is 0 Å². The molecule has 9 nitrogen and oxygen atoms in total. The monoisotopic (exact) mass is 565 g/mol. The molecule has 1 unspecified atom stereocenters. The van der Waals surface area contributed by atoms with Crippen molar-refractivity contribution >= 4 is 17.6 Å². The van der Waals surface area contributed by atoms with Crippen LogP contribution in [0.3, 0.4) is 0 Å². The van der Waals surface area contributed by atoms with Crippen LogP contribution < -0.4 is 16.0 Å². The number of hydrogen-bond donors (Lipinski definition) is 3. The van der Waals surface area contributed by atoms with Crippen molar-refractivity contribution in [3.05, 3.63) is 82.8 Å². The first kappa shape index (κ1) is 27.7. The number of hydrogen-bond acceptors (Lipinski definition) is 6. The van der Waals surface area contributed by atoms with Crippen LogP contribution in [0.25, 0.3) is 0 Å². The fourth-order valence-corrected chi connectivity index (χ4v) is 4.95. The van der Waals surface area contributed by atoms with Gasteiger partial charge in [-0.15, -0.1) is 0 Å². The number of aromatic nitrogens is 2. The van der Waals surface area contributed by atoms with Crippen molar-refractivity contribution in [2.24, 2.45) is 5.73 Å². The second kappa shape index (κ2) is 10.6. The molecule has 0 spiro atoms. The Labute approximate surface area is 224 Å². The number of ether oxygens (including phenoxy) is 1. The Morgan fingerprint density at radius 1 is 1.12 bits per heavy atom. The molecule has 212 valence electrons.